The van der Waals surface area contributed by atoms with Crippen LogP contribution in [0.2, 0.25) is 0 Å². The molecule has 2 unspecified atom stereocenters. The molecule has 4 aliphatic carbocycles. The van der Waals surface area contributed by atoms with Crippen LogP contribution in [0, 0.1) is 40.9 Å². The predicted molar refractivity (Wildman–Crippen MR) is 124 cm³/mol. The Morgan fingerprint density at radius 2 is 1.94 bits per heavy atom. The summed E-state index contributed by atoms with van der Waals surface area (Å²) in [6.07, 6.45) is 11.3. The number of allylic oxidation sites excluding steroid dienone is 1. The van der Waals surface area contributed by atoms with Crippen molar-refractivity contribution in [2.24, 2.45) is 40.9 Å². The van der Waals surface area contributed by atoms with E-state index in [1.54, 1.807) is 16.2 Å². The minimum absolute atomic E-state index is 0.102. The number of fused-ring (bicyclic) bond motifs is 6. The first-order chi connectivity index (χ1) is 15.2. The van der Waals surface area contributed by atoms with E-state index in [9.17, 15) is 10.0 Å². The number of ether oxygens (including phenoxy) is 1. The molecular weight excluding hydrogens is 398 g/mol. The zero-order valence-electron chi connectivity index (χ0n) is 20.6. The Labute approximate surface area is 194 Å². The van der Waals surface area contributed by atoms with Gasteiger partial charge in [0.25, 0.3) is 0 Å². The van der Waals surface area contributed by atoms with Crippen LogP contribution in [0.4, 0.5) is 0 Å². The fourth-order valence-corrected chi connectivity index (χ4v) is 9.82. The zero-order chi connectivity index (χ0) is 22.4. The molecule has 5 fully saturated rings. The highest BCUT2D eigenvalue weighted by molar-refractivity contribution is 5.79. The summed E-state index contributed by atoms with van der Waals surface area (Å²) in [6, 6.07) is 0.156. The molecule has 4 nitrogen and oxygen atoms in total. The Kier molecular flexibility index (Phi) is 5.04. The smallest absolute Gasteiger partial charge is 0.133 e. The van der Waals surface area contributed by atoms with Gasteiger partial charge in [0.1, 0.15) is 5.78 Å². The number of hydrogen-bond acceptors (Lipinski definition) is 4. The van der Waals surface area contributed by atoms with Crippen molar-refractivity contribution < 1.29 is 14.7 Å². The highest BCUT2D eigenvalue weighted by Gasteiger charge is 2.60. The van der Waals surface area contributed by atoms with Crippen molar-refractivity contribution in [2.75, 3.05) is 6.54 Å². The maximum Gasteiger partial charge on any atom is 0.133 e. The second-order valence-electron chi connectivity index (χ2n) is 13.1. The molecule has 0 aromatic heterocycles. The number of piperidine rings is 1. The summed E-state index contributed by atoms with van der Waals surface area (Å²) in [6.45, 7) is 10.3. The second-order valence-corrected chi connectivity index (χ2v) is 13.1. The van der Waals surface area contributed by atoms with Gasteiger partial charge in [0, 0.05) is 25.3 Å². The van der Waals surface area contributed by atoms with Crippen LogP contribution in [0.3, 0.4) is 0 Å². The molecule has 2 heterocycles. The summed E-state index contributed by atoms with van der Waals surface area (Å²) in [7, 11) is 0. The molecule has 6 rings (SSSR count). The van der Waals surface area contributed by atoms with Crippen LogP contribution in [0.5, 0.6) is 0 Å². The van der Waals surface area contributed by atoms with Crippen molar-refractivity contribution in [1.29, 1.82) is 0 Å². The van der Waals surface area contributed by atoms with Gasteiger partial charge in [-0.05, 0) is 93.3 Å². The predicted octanol–water partition coefficient (Wildman–Crippen LogP) is 5.78. The lowest BCUT2D eigenvalue weighted by Crippen LogP contribution is -2.50. The molecule has 2 saturated heterocycles. The third-order valence-electron chi connectivity index (χ3n) is 11.5. The van der Waals surface area contributed by atoms with Gasteiger partial charge >= 0.3 is 0 Å². The van der Waals surface area contributed by atoms with Gasteiger partial charge in [-0.1, -0.05) is 31.9 Å². The summed E-state index contributed by atoms with van der Waals surface area (Å²) >= 11 is 0. The highest BCUT2D eigenvalue weighted by Crippen LogP contribution is 2.65. The maximum atomic E-state index is 12.2. The number of hydrogen-bond donors (Lipinski definition) is 1. The Morgan fingerprint density at radius 3 is 2.75 bits per heavy atom. The van der Waals surface area contributed by atoms with Gasteiger partial charge in [0.15, 0.2) is 0 Å². The van der Waals surface area contributed by atoms with Gasteiger partial charge in [-0.2, -0.15) is 5.06 Å². The molecule has 178 valence electrons. The van der Waals surface area contributed by atoms with Crippen molar-refractivity contribution in [3.05, 3.63) is 11.1 Å². The number of carbonyl (C=O) groups is 1. The van der Waals surface area contributed by atoms with E-state index in [4.69, 9.17) is 4.74 Å². The Morgan fingerprint density at radius 1 is 1.12 bits per heavy atom. The molecule has 0 bridgehead atoms. The van der Waals surface area contributed by atoms with Gasteiger partial charge in [-0.3, -0.25) is 4.79 Å². The largest absolute Gasteiger partial charge is 0.369 e. The molecule has 4 heteroatoms. The maximum absolute atomic E-state index is 12.2. The zero-order valence-corrected chi connectivity index (χ0v) is 20.6. The van der Waals surface area contributed by atoms with Gasteiger partial charge in [0.2, 0.25) is 0 Å². The van der Waals surface area contributed by atoms with Crippen LogP contribution in [-0.2, 0) is 9.53 Å². The van der Waals surface area contributed by atoms with Gasteiger partial charge < -0.3 is 9.94 Å². The SMILES string of the molecule is CC1=C2C[C@H]3C(CCC4CC(=O)CC[C@@]43C)[C@@H]2CC[C@@]2(C1)O[C@@H]1C[C@H](C)CN(O)[C@H]1[C@H]2C. The van der Waals surface area contributed by atoms with Crippen LogP contribution in [-0.4, -0.2) is 40.3 Å². The van der Waals surface area contributed by atoms with Crippen molar-refractivity contribution in [3.8, 4) is 0 Å². The molecule has 0 amide bonds. The average molecular weight is 442 g/mol. The van der Waals surface area contributed by atoms with Crippen molar-refractivity contribution in [2.45, 2.75) is 110 Å². The molecule has 3 saturated carbocycles. The first-order valence-electron chi connectivity index (χ1n) is 13.6. The van der Waals surface area contributed by atoms with Gasteiger partial charge in [0.05, 0.1) is 17.7 Å². The van der Waals surface area contributed by atoms with E-state index in [-0.39, 0.29) is 17.7 Å². The lowest BCUT2D eigenvalue weighted by atomic mass is 9.52. The van der Waals surface area contributed by atoms with E-state index in [1.165, 1.54) is 25.7 Å². The summed E-state index contributed by atoms with van der Waals surface area (Å²) in [5, 5.41) is 12.4. The number of carbonyl (C=O) groups excluding carboxylic acids is 1. The van der Waals surface area contributed by atoms with E-state index in [0.717, 1.165) is 62.8 Å². The van der Waals surface area contributed by atoms with Gasteiger partial charge in [-0.15, -0.1) is 0 Å². The monoisotopic (exact) mass is 441 g/mol. The number of hydroxylamine groups is 2. The molecule has 0 aromatic rings. The summed E-state index contributed by atoms with van der Waals surface area (Å²) in [5.41, 5.74) is 3.62. The Balaban J connectivity index is 1.28. The summed E-state index contributed by atoms with van der Waals surface area (Å²) in [5.74, 6) is 4.29. The fourth-order valence-electron chi connectivity index (χ4n) is 9.82. The minimum Gasteiger partial charge on any atom is -0.369 e. The van der Waals surface area contributed by atoms with Crippen LogP contribution in [0.1, 0.15) is 91.9 Å². The molecule has 0 aromatic carbocycles. The number of nitrogens with zero attached hydrogens (tertiary/aromatic N) is 1. The quantitative estimate of drug-likeness (QED) is 0.484. The molecule has 1 spiro atoms. The molecule has 6 aliphatic rings. The van der Waals surface area contributed by atoms with Crippen LogP contribution in [0.15, 0.2) is 11.1 Å². The van der Waals surface area contributed by atoms with Gasteiger partial charge in [-0.25, -0.2) is 0 Å². The van der Waals surface area contributed by atoms with Crippen molar-refractivity contribution in [3.63, 3.8) is 0 Å². The number of ketones is 1. The average Bonchev–Trinajstić information content (AvgIpc) is 3.19. The van der Waals surface area contributed by atoms with E-state index < -0.39 is 0 Å². The number of Topliss-reactive ketones (excluding diaryl/α,β-unsaturated/α-hetero) is 1. The Bertz CT molecular complexity index is 837. The third kappa shape index (κ3) is 3.01. The molecule has 0 radical (unpaired) electrons. The third-order valence-corrected chi connectivity index (χ3v) is 11.5. The van der Waals surface area contributed by atoms with Crippen LogP contribution < -0.4 is 0 Å². The molecule has 32 heavy (non-hydrogen) atoms. The summed E-state index contributed by atoms with van der Waals surface area (Å²) < 4.78 is 6.94. The lowest BCUT2D eigenvalue weighted by Gasteiger charge is -2.52. The first-order valence-corrected chi connectivity index (χ1v) is 13.6. The van der Waals surface area contributed by atoms with Crippen LogP contribution >= 0.6 is 0 Å². The lowest BCUT2D eigenvalue weighted by molar-refractivity contribution is -0.178. The fraction of sp³-hybridized carbons (Fsp3) is 0.893. The van der Waals surface area contributed by atoms with Crippen LogP contribution in [0.25, 0.3) is 0 Å². The van der Waals surface area contributed by atoms with E-state index >= 15 is 0 Å². The molecule has 2 aliphatic heterocycles. The standard InChI is InChI=1S/C28H43NO3/c1-16-11-25-26(29(31)15-16)18(3)28(32-25)10-8-21-22-6-5-19-12-20(30)7-9-27(19,4)24(22)13-23(21)17(2)14-28/h16,18-19,21-22,24-26,31H,5-15H2,1-4H3/t16-,18+,19?,21-,22?,24-,25+,26-,27-,28-/m0/s1. The minimum atomic E-state index is -0.102. The van der Waals surface area contributed by atoms with E-state index in [2.05, 4.69) is 27.7 Å². The van der Waals surface area contributed by atoms with Crippen molar-refractivity contribution in [1.82, 2.24) is 5.06 Å². The summed E-state index contributed by atoms with van der Waals surface area (Å²) in [4.78, 5) is 12.2. The van der Waals surface area contributed by atoms with E-state index in [0.29, 0.717) is 29.0 Å². The first kappa shape index (κ1) is 21.8. The normalized spacial score (nSPS) is 53.6. The molecule has 10 atom stereocenters. The van der Waals surface area contributed by atoms with Crippen molar-refractivity contribution >= 4 is 5.78 Å². The molecular formula is C28H43NO3. The Hall–Kier alpha value is -0.710. The van der Waals surface area contributed by atoms with E-state index in [1.807, 2.05) is 0 Å². The number of rotatable bonds is 0. The topological polar surface area (TPSA) is 49.8 Å². The highest BCUT2D eigenvalue weighted by atomic mass is 16.5. The second kappa shape index (κ2) is 7.39. The molecule has 1 N–H and O–H groups in total.